The first-order valence-corrected chi connectivity index (χ1v) is 6.98. The number of methoxy groups -OCH3 is 1. The van der Waals surface area contributed by atoms with Crippen LogP contribution in [0.25, 0.3) is 0 Å². The van der Waals surface area contributed by atoms with Crippen molar-refractivity contribution < 1.29 is 19.4 Å². The summed E-state index contributed by atoms with van der Waals surface area (Å²) in [5.41, 5.74) is 0.415. The van der Waals surface area contributed by atoms with Gasteiger partial charge in [-0.1, -0.05) is 31.9 Å². The number of amides is 1. The van der Waals surface area contributed by atoms with Gasteiger partial charge < -0.3 is 14.7 Å². The monoisotopic (exact) mass is 393 g/mol. The number of carbonyl (C=O) groups is 2. The molecule has 19 heavy (non-hydrogen) atoms. The minimum atomic E-state index is -1.06. The quantitative estimate of drug-likeness (QED) is 0.804. The van der Waals surface area contributed by atoms with Crippen LogP contribution in [0.4, 0.5) is 0 Å². The van der Waals surface area contributed by atoms with Crippen molar-refractivity contribution in [2.75, 3.05) is 26.8 Å². The van der Waals surface area contributed by atoms with E-state index in [1.54, 1.807) is 18.2 Å². The van der Waals surface area contributed by atoms with E-state index < -0.39 is 5.97 Å². The molecule has 0 heterocycles. The second kappa shape index (κ2) is 7.62. The van der Waals surface area contributed by atoms with Gasteiger partial charge in [-0.15, -0.1) is 0 Å². The van der Waals surface area contributed by atoms with E-state index in [1.807, 2.05) is 0 Å². The molecule has 0 atom stereocenters. The Kier molecular flexibility index (Phi) is 6.47. The number of halogens is 2. The first-order valence-electron chi connectivity index (χ1n) is 5.40. The number of rotatable bonds is 6. The van der Waals surface area contributed by atoms with Crippen LogP contribution >= 0.6 is 31.9 Å². The van der Waals surface area contributed by atoms with Gasteiger partial charge in [0, 0.05) is 28.2 Å². The van der Waals surface area contributed by atoms with Crippen molar-refractivity contribution in [2.24, 2.45) is 0 Å². The lowest BCUT2D eigenvalue weighted by atomic mass is 10.2. The molecule has 0 fully saturated rings. The molecule has 7 heteroatoms. The van der Waals surface area contributed by atoms with Crippen LogP contribution < -0.4 is 0 Å². The first kappa shape index (κ1) is 16.1. The Hall–Kier alpha value is -0.920. The fraction of sp³-hybridized carbons (Fsp3) is 0.333. The summed E-state index contributed by atoms with van der Waals surface area (Å²) in [5, 5.41) is 8.83. The summed E-state index contributed by atoms with van der Waals surface area (Å²) < 4.78 is 6.37. The third kappa shape index (κ3) is 5.30. The molecule has 1 aromatic rings. The summed E-state index contributed by atoms with van der Waals surface area (Å²) in [6.07, 6.45) is 0. The van der Waals surface area contributed by atoms with Crippen molar-refractivity contribution in [3.63, 3.8) is 0 Å². The number of carboxylic acids is 1. The van der Waals surface area contributed by atoms with Crippen molar-refractivity contribution in [3.05, 3.63) is 32.7 Å². The van der Waals surface area contributed by atoms with Gasteiger partial charge in [-0.25, -0.2) is 0 Å². The molecule has 1 N–H and O–H groups in total. The van der Waals surface area contributed by atoms with Gasteiger partial charge in [-0.2, -0.15) is 0 Å². The number of carbonyl (C=O) groups excluding carboxylic acids is 1. The smallest absolute Gasteiger partial charge is 0.323 e. The molecule has 1 amide bonds. The molecule has 0 saturated carbocycles. The van der Waals surface area contributed by atoms with E-state index in [-0.39, 0.29) is 25.6 Å². The number of aliphatic carboxylic acids is 1. The second-order valence-corrected chi connectivity index (χ2v) is 5.60. The molecule has 0 unspecified atom stereocenters. The summed E-state index contributed by atoms with van der Waals surface area (Å²) in [4.78, 5) is 24.3. The molecule has 1 rings (SSSR count). The van der Waals surface area contributed by atoms with Crippen molar-refractivity contribution in [3.8, 4) is 0 Å². The predicted molar refractivity (Wildman–Crippen MR) is 77.3 cm³/mol. The van der Waals surface area contributed by atoms with Gasteiger partial charge in [0.15, 0.2) is 0 Å². The Bertz CT molecular complexity index is 459. The summed E-state index contributed by atoms with van der Waals surface area (Å²) >= 11 is 6.58. The number of ether oxygens (including phenoxy) is 1. The minimum Gasteiger partial charge on any atom is -0.480 e. The average Bonchev–Trinajstić information content (AvgIpc) is 2.32. The van der Waals surface area contributed by atoms with Gasteiger partial charge in [-0.3, -0.25) is 9.59 Å². The molecule has 0 aliphatic heterocycles. The van der Waals surface area contributed by atoms with Gasteiger partial charge in [0.05, 0.1) is 6.61 Å². The third-order valence-corrected chi connectivity index (χ3v) is 3.20. The number of nitrogens with zero attached hydrogens (tertiary/aromatic N) is 1. The molecule has 5 nitrogen and oxygen atoms in total. The molecule has 0 saturated heterocycles. The number of hydrogen-bond acceptors (Lipinski definition) is 3. The average molecular weight is 395 g/mol. The first-order chi connectivity index (χ1) is 8.93. The zero-order valence-corrected chi connectivity index (χ0v) is 13.4. The van der Waals surface area contributed by atoms with Gasteiger partial charge in [0.25, 0.3) is 5.91 Å². The van der Waals surface area contributed by atoms with E-state index in [9.17, 15) is 9.59 Å². The summed E-state index contributed by atoms with van der Waals surface area (Å²) in [6.45, 7) is 0.159. The molecule has 0 aliphatic rings. The zero-order valence-electron chi connectivity index (χ0n) is 10.2. The van der Waals surface area contributed by atoms with Crippen molar-refractivity contribution in [2.45, 2.75) is 0 Å². The highest BCUT2D eigenvalue weighted by molar-refractivity contribution is 9.11. The van der Waals surface area contributed by atoms with Gasteiger partial charge in [0.1, 0.15) is 6.54 Å². The molecule has 0 radical (unpaired) electrons. The largest absolute Gasteiger partial charge is 0.480 e. The maximum atomic E-state index is 12.3. The third-order valence-electron chi connectivity index (χ3n) is 2.29. The van der Waals surface area contributed by atoms with E-state index in [0.717, 1.165) is 8.95 Å². The van der Waals surface area contributed by atoms with Crippen LogP contribution in [0, 0.1) is 0 Å². The van der Waals surface area contributed by atoms with Crippen molar-refractivity contribution in [1.82, 2.24) is 4.90 Å². The van der Waals surface area contributed by atoms with E-state index in [1.165, 1.54) is 12.0 Å². The van der Waals surface area contributed by atoms with Crippen LogP contribution in [0.2, 0.25) is 0 Å². The highest BCUT2D eigenvalue weighted by atomic mass is 79.9. The molecular formula is C12H13Br2NO4. The van der Waals surface area contributed by atoms with Crippen molar-refractivity contribution >= 4 is 43.7 Å². The van der Waals surface area contributed by atoms with Gasteiger partial charge in [0.2, 0.25) is 0 Å². The van der Waals surface area contributed by atoms with Crippen LogP contribution in [0.3, 0.4) is 0 Å². The minimum absolute atomic E-state index is 0.228. The molecule has 0 bridgehead atoms. The lowest BCUT2D eigenvalue weighted by molar-refractivity contribution is -0.137. The molecule has 0 aliphatic carbocycles. The fourth-order valence-corrected chi connectivity index (χ4v) is 2.77. The van der Waals surface area contributed by atoms with E-state index in [0.29, 0.717) is 5.56 Å². The molecule has 104 valence electrons. The van der Waals surface area contributed by atoms with Crippen LogP contribution in [0.15, 0.2) is 27.1 Å². The number of benzene rings is 1. The second-order valence-electron chi connectivity index (χ2n) is 3.77. The highest BCUT2D eigenvalue weighted by Crippen LogP contribution is 2.21. The topological polar surface area (TPSA) is 66.8 Å². The maximum Gasteiger partial charge on any atom is 0.323 e. The van der Waals surface area contributed by atoms with Gasteiger partial charge in [-0.05, 0) is 18.2 Å². The maximum absolute atomic E-state index is 12.3. The normalized spacial score (nSPS) is 10.3. The molecule has 0 aromatic heterocycles. The van der Waals surface area contributed by atoms with E-state index in [4.69, 9.17) is 9.84 Å². The van der Waals surface area contributed by atoms with Crippen molar-refractivity contribution in [1.29, 1.82) is 0 Å². The summed E-state index contributed by atoms with van der Waals surface area (Å²) in [7, 11) is 1.50. The van der Waals surface area contributed by atoms with Crippen LogP contribution in [-0.2, 0) is 9.53 Å². The Morgan fingerprint density at radius 3 is 2.32 bits per heavy atom. The van der Waals surface area contributed by atoms with E-state index >= 15 is 0 Å². The summed E-state index contributed by atoms with van der Waals surface area (Å²) in [6, 6.07) is 5.09. The Morgan fingerprint density at radius 1 is 1.26 bits per heavy atom. The molecular weight excluding hydrogens is 382 g/mol. The Labute approximate surface area is 127 Å². The lowest BCUT2D eigenvalue weighted by Gasteiger charge is -2.20. The zero-order chi connectivity index (χ0) is 14.4. The fourth-order valence-electron chi connectivity index (χ4n) is 1.48. The van der Waals surface area contributed by atoms with E-state index in [2.05, 4.69) is 31.9 Å². The Balaban J connectivity index is 2.93. The van der Waals surface area contributed by atoms with Crippen LogP contribution in [0.1, 0.15) is 10.4 Å². The number of hydrogen-bond donors (Lipinski definition) is 1. The molecule has 1 aromatic carbocycles. The Morgan fingerprint density at radius 2 is 1.84 bits per heavy atom. The highest BCUT2D eigenvalue weighted by Gasteiger charge is 2.19. The SMILES string of the molecule is COCCN(CC(=O)O)C(=O)c1cc(Br)cc(Br)c1. The van der Waals surface area contributed by atoms with Crippen LogP contribution in [-0.4, -0.2) is 48.7 Å². The lowest BCUT2D eigenvalue weighted by Crippen LogP contribution is -2.38. The standard InChI is InChI=1S/C12H13Br2NO4/c1-19-3-2-15(7-11(16)17)12(18)8-4-9(13)6-10(14)5-8/h4-6H,2-3,7H2,1H3,(H,16,17). The van der Waals surface area contributed by atoms with Gasteiger partial charge >= 0.3 is 5.97 Å². The predicted octanol–water partition coefficient (Wildman–Crippen LogP) is 2.38. The molecule has 0 spiro atoms. The number of carboxylic acid groups (broad SMARTS) is 1. The summed E-state index contributed by atoms with van der Waals surface area (Å²) in [5.74, 6) is -1.40. The van der Waals surface area contributed by atoms with Crippen LogP contribution in [0.5, 0.6) is 0 Å².